The van der Waals surface area contributed by atoms with Gasteiger partial charge in [0.1, 0.15) is 34.7 Å². The standard InChI is InChI=1S/C22H21N3O3/c1-13-20(17-11-16(27-3)9-10-19(17)28-4)18(12-23)22(24)25-21(13)14-5-7-15(26-2)8-6-14/h5-11H,1-4H3,(H2,24,25). The van der Waals surface area contributed by atoms with Crippen molar-refractivity contribution in [2.24, 2.45) is 0 Å². The van der Waals surface area contributed by atoms with E-state index in [4.69, 9.17) is 19.9 Å². The smallest absolute Gasteiger partial charge is 0.142 e. The molecule has 0 atom stereocenters. The zero-order valence-corrected chi connectivity index (χ0v) is 16.2. The fourth-order valence-corrected chi connectivity index (χ4v) is 3.18. The fourth-order valence-electron chi connectivity index (χ4n) is 3.18. The van der Waals surface area contributed by atoms with Gasteiger partial charge in [-0.3, -0.25) is 0 Å². The number of hydrogen-bond donors (Lipinski definition) is 1. The van der Waals surface area contributed by atoms with E-state index in [1.54, 1.807) is 33.5 Å². The monoisotopic (exact) mass is 375 g/mol. The van der Waals surface area contributed by atoms with Crippen molar-refractivity contribution in [1.82, 2.24) is 4.98 Å². The van der Waals surface area contributed by atoms with Crippen LogP contribution in [-0.2, 0) is 0 Å². The first-order valence-electron chi connectivity index (χ1n) is 8.61. The lowest BCUT2D eigenvalue weighted by Crippen LogP contribution is -2.04. The average Bonchev–Trinajstić information content (AvgIpc) is 2.74. The van der Waals surface area contributed by atoms with Gasteiger partial charge in [0.15, 0.2) is 0 Å². The lowest BCUT2D eigenvalue weighted by Gasteiger charge is -2.18. The molecule has 0 aliphatic heterocycles. The maximum Gasteiger partial charge on any atom is 0.142 e. The molecule has 0 amide bonds. The number of nitriles is 1. The Labute approximate surface area is 164 Å². The highest BCUT2D eigenvalue weighted by Crippen LogP contribution is 2.41. The highest BCUT2D eigenvalue weighted by Gasteiger charge is 2.21. The summed E-state index contributed by atoms with van der Waals surface area (Å²) in [5, 5.41) is 9.75. The van der Waals surface area contributed by atoms with Crippen LogP contribution in [0.3, 0.4) is 0 Å². The molecule has 3 aromatic rings. The Bertz CT molecular complexity index is 1050. The minimum atomic E-state index is 0.166. The first kappa shape index (κ1) is 19.1. The van der Waals surface area contributed by atoms with E-state index >= 15 is 0 Å². The molecular weight excluding hydrogens is 354 g/mol. The van der Waals surface area contributed by atoms with E-state index in [1.165, 1.54) is 0 Å². The van der Waals surface area contributed by atoms with Crippen molar-refractivity contribution in [3.05, 3.63) is 53.6 Å². The van der Waals surface area contributed by atoms with Gasteiger partial charge in [0, 0.05) is 16.7 Å². The number of ether oxygens (including phenoxy) is 3. The third kappa shape index (κ3) is 3.30. The summed E-state index contributed by atoms with van der Waals surface area (Å²) in [5.74, 6) is 2.18. The summed E-state index contributed by atoms with van der Waals surface area (Å²) in [6, 6.07) is 15.2. The summed E-state index contributed by atoms with van der Waals surface area (Å²) in [4.78, 5) is 4.50. The Morgan fingerprint density at radius 1 is 0.929 bits per heavy atom. The predicted molar refractivity (Wildman–Crippen MR) is 109 cm³/mol. The molecule has 6 heteroatoms. The van der Waals surface area contributed by atoms with Gasteiger partial charge in [-0.2, -0.15) is 5.26 Å². The van der Waals surface area contributed by atoms with Gasteiger partial charge in [-0.05, 0) is 55.0 Å². The molecule has 6 nitrogen and oxygen atoms in total. The normalized spacial score (nSPS) is 10.2. The Balaban J connectivity index is 2.32. The first-order valence-corrected chi connectivity index (χ1v) is 8.61. The maximum atomic E-state index is 9.75. The van der Waals surface area contributed by atoms with Crippen molar-refractivity contribution in [2.45, 2.75) is 6.92 Å². The topological polar surface area (TPSA) is 90.4 Å². The number of rotatable bonds is 5. The van der Waals surface area contributed by atoms with Crippen LogP contribution in [0.15, 0.2) is 42.5 Å². The summed E-state index contributed by atoms with van der Waals surface area (Å²) < 4.78 is 16.1. The van der Waals surface area contributed by atoms with Crippen LogP contribution >= 0.6 is 0 Å². The molecule has 0 aliphatic rings. The minimum Gasteiger partial charge on any atom is -0.497 e. The molecule has 2 aromatic carbocycles. The number of aromatic nitrogens is 1. The predicted octanol–water partition coefficient (Wildman–Crippen LogP) is 4.20. The summed E-state index contributed by atoms with van der Waals surface area (Å²) in [7, 11) is 4.79. The Hall–Kier alpha value is -3.72. The molecule has 142 valence electrons. The molecule has 0 bridgehead atoms. The summed E-state index contributed by atoms with van der Waals surface area (Å²) in [6.07, 6.45) is 0. The molecule has 0 aliphatic carbocycles. The largest absolute Gasteiger partial charge is 0.497 e. The third-order valence-electron chi connectivity index (χ3n) is 4.62. The van der Waals surface area contributed by atoms with Crippen molar-refractivity contribution < 1.29 is 14.2 Å². The molecule has 0 saturated heterocycles. The summed E-state index contributed by atoms with van der Waals surface area (Å²) in [6.45, 7) is 1.92. The Morgan fingerprint density at radius 2 is 1.57 bits per heavy atom. The number of hydrogen-bond acceptors (Lipinski definition) is 6. The van der Waals surface area contributed by atoms with Crippen LogP contribution in [0.5, 0.6) is 17.2 Å². The number of nitrogen functional groups attached to an aromatic ring is 1. The third-order valence-corrected chi connectivity index (χ3v) is 4.62. The van der Waals surface area contributed by atoms with Gasteiger partial charge in [0.05, 0.1) is 27.0 Å². The van der Waals surface area contributed by atoms with Crippen LogP contribution in [0.2, 0.25) is 0 Å². The van der Waals surface area contributed by atoms with E-state index < -0.39 is 0 Å². The van der Waals surface area contributed by atoms with Crippen LogP contribution in [0.25, 0.3) is 22.4 Å². The lowest BCUT2D eigenvalue weighted by molar-refractivity contribution is 0.404. The quantitative estimate of drug-likeness (QED) is 0.719. The minimum absolute atomic E-state index is 0.166. The molecule has 0 spiro atoms. The van der Waals surface area contributed by atoms with E-state index in [0.717, 1.165) is 22.4 Å². The maximum absolute atomic E-state index is 9.75. The lowest BCUT2D eigenvalue weighted by atomic mass is 9.92. The van der Waals surface area contributed by atoms with Crippen LogP contribution in [-0.4, -0.2) is 26.3 Å². The van der Waals surface area contributed by atoms with E-state index in [-0.39, 0.29) is 5.82 Å². The van der Waals surface area contributed by atoms with Gasteiger partial charge in [-0.15, -0.1) is 0 Å². The van der Waals surface area contributed by atoms with Crippen molar-refractivity contribution in [3.63, 3.8) is 0 Å². The van der Waals surface area contributed by atoms with Gasteiger partial charge in [0.25, 0.3) is 0 Å². The van der Waals surface area contributed by atoms with Crippen LogP contribution in [0.1, 0.15) is 11.1 Å². The van der Waals surface area contributed by atoms with Gasteiger partial charge in [-0.25, -0.2) is 4.98 Å². The fraction of sp³-hybridized carbons (Fsp3) is 0.182. The molecule has 0 fully saturated rings. The zero-order chi connectivity index (χ0) is 20.3. The molecule has 0 radical (unpaired) electrons. The van der Waals surface area contributed by atoms with Gasteiger partial charge < -0.3 is 19.9 Å². The van der Waals surface area contributed by atoms with Crippen molar-refractivity contribution in [3.8, 4) is 45.7 Å². The SMILES string of the molecule is COc1ccc(-c2nc(N)c(C#N)c(-c3cc(OC)ccc3OC)c2C)cc1. The van der Waals surface area contributed by atoms with E-state index in [1.807, 2.05) is 37.3 Å². The second kappa shape index (κ2) is 7.89. The Kier molecular flexibility index (Phi) is 5.37. The molecule has 2 N–H and O–H groups in total. The average molecular weight is 375 g/mol. The second-order valence-corrected chi connectivity index (χ2v) is 6.13. The summed E-state index contributed by atoms with van der Waals surface area (Å²) >= 11 is 0. The molecule has 1 heterocycles. The van der Waals surface area contributed by atoms with Gasteiger partial charge in [0.2, 0.25) is 0 Å². The van der Waals surface area contributed by atoms with Crippen molar-refractivity contribution in [2.75, 3.05) is 27.1 Å². The van der Waals surface area contributed by atoms with Gasteiger partial charge in [-0.1, -0.05) is 0 Å². The molecule has 0 unspecified atom stereocenters. The number of anilines is 1. The zero-order valence-electron chi connectivity index (χ0n) is 16.2. The Morgan fingerprint density at radius 3 is 2.14 bits per heavy atom. The highest BCUT2D eigenvalue weighted by molar-refractivity contribution is 5.87. The molecule has 28 heavy (non-hydrogen) atoms. The number of nitrogens with two attached hydrogens (primary N) is 1. The first-order chi connectivity index (χ1) is 13.5. The van der Waals surface area contributed by atoms with Gasteiger partial charge >= 0.3 is 0 Å². The number of pyridine rings is 1. The van der Waals surface area contributed by atoms with Crippen LogP contribution in [0, 0.1) is 18.3 Å². The number of benzene rings is 2. The summed E-state index contributed by atoms with van der Waals surface area (Å²) in [5.41, 5.74) is 10.3. The van der Waals surface area contributed by atoms with Crippen LogP contribution in [0.4, 0.5) is 5.82 Å². The van der Waals surface area contributed by atoms with Crippen LogP contribution < -0.4 is 19.9 Å². The van der Waals surface area contributed by atoms with E-state index in [0.29, 0.717) is 28.3 Å². The highest BCUT2D eigenvalue weighted by atomic mass is 16.5. The molecular formula is C22H21N3O3. The number of nitrogens with zero attached hydrogens (tertiary/aromatic N) is 2. The second-order valence-electron chi connectivity index (χ2n) is 6.13. The van der Waals surface area contributed by atoms with Crippen molar-refractivity contribution >= 4 is 5.82 Å². The van der Waals surface area contributed by atoms with E-state index in [9.17, 15) is 5.26 Å². The molecule has 1 aromatic heterocycles. The molecule has 0 saturated carbocycles. The van der Waals surface area contributed by atoms with Crippen molar-refractivity contribution in [1.29, 1.82) is 5.26 Å². The number of methoxy groups -OCH3 is 3. The van der Waals surface area contributed by atoms with E-state index in [2.05, 4.69) is 11.1 Å². The molecule has 3 rings (SSSR count).